The van der Waals surface area contributed by atoms with Crippen molar-refractivity contribution in [2.45, 2.75) is 59.0 Å². The smallest absolute Gasteiger partial charge is 0.185 e. The van der Waals surface area contributed by atoms with Crippen LogP contribution in [0.25, 0.3) is 0 Å². The third kappa shape index (κ3) is 2.86. The summed E-state index contributed by atoms with van der Waals surface area (Å²) in [6, 6.07) is 0.538. The third-order valence-corrected chi connectivity index (χ3v) is 5.93. The van der Waals surface area contributed by atoms with Gasteiger partial charge in [-0.3, -0.25) is 0 Å². The van der Waals surface area contributed by atoms with Crippen LogP contribution in [0.2, 0.25) is 0 Å². The van der Waals surface area contributed by atoms with Crippen LogP contribution in [-0.2, 0) is 13.0 Å². The molecule has 4 heteroatoms. The highest BCUT2D eigenvalue weighted by Crippen LogP contribution is 2.41. The van der Waals surface area contributed by atoms with E-state index in [4.69, 9.17) is 4.98 Å². The third-order valence-electron chi connectivity index (χ3n) is 4.77. The van der Waals surface area contributed by atoms with Crippen LogP contribution < -0.4 is 10.2 Å². The Kier molecular flexibility index (Phi) is 4.32. The summed E-state index contributed by atoms with van der Waals surface area (Å²) in [5.41, 5.74) is 1.30. The molecule has 0 amide bonds. The van der Waals surface area contributed by atoms with E-state index < -0.39 is 0 Å². The second-order valence-corrected chi connectivity index (χ2v) is 7.67. The summed E-state index contributed by atoms with van der Waals surface area (Å²) in [6.07, 6.45) is 5.38. The van der Waals surface area contributed by atoms with Crippen LogP contribution in [0.3, 0.4) is 0 Å². The lowest BCUT2D eigenvalue weighted by molar-refractivity contribution is 0.494. The number of hydrogen-bond acceptors (Lipinski definition) is 4. The molecule has 2 fully saturated rings. The van der Waals surface area contributed by atoms with E-state index in [9.17, 15) is 0 Å². The molecule has 1 aromatic heterocycles. The number of aryl methyl sites for hydroxylation is 1. The number of fused-ring (bicyclic) bond motifs is 1. The first-order valence-electron chi connectivity index (χ1n) is 8.14. The van der Waals surface area contributed by atoms with Crippen molar-refractivity contribution in [3.8, 4) is 0 Å². The van der Waals surface area contributed by atoms with E-state index in [-0.39, 0.29) is 0 Å². The van der Waals surface area contributed by atoms with Gasteiger partial charge < -0.3 is 10.2 Å². The normalized spacial score (nSPS) is 25.7. The highest BCUT2D eigenvalue weighted by Gasteiger charge is 2.37. The second-order valence-electron chi connectivity index (χ2n) is 6.61. The minimum absolute atomic E-state index is 0.538. The molecule has 1 saturated heterocycles. The van der Waals surface area contributed by atoms with Crippen molar-refractivity contribution in [2.75, 3.05) is 18.0 Å². The fourth-order valence-electron chi connectivity index (χ4n) is 3.61. The van der Waals surface area contributed by atoms with E-state index >= 15 is 0 Å². The molecule has 1 aromatic rings. The first kappa shape index (κ1) is 14.3. The van der Waals surface area contributed by atoms with Crippen LogP contribution in [-0.4, -0.2) is 24.1 Å². The lowest BCUT2D eigenvalue weighted by Gasteiger charge is -2.15. The summed E-state index contributed by atoms with van der Waals surface area (Å²) in [6.45, 7) is 10.1. The molecule has 0 spiro atoms. The Bertz CT molecular complexity index is 443. The number of hydrogen-bond donors (Lipinski definition) is 1. The van der Waals surface area contributed by atoms with Gasteiger partial charge in [0.25, 0.3) is 0 Å². The van der Waals surface area contributed by atoms with Gasteiger partial charge in [-0.05, 0) is 31.1 Å². The molecule has 3 rings (SSSR count). The van der Waals surface area contributed by atoms with Crippen molar-refractivity contribution in [1.29, 1.82) is 0 Å². The van der Waals surface area contributed by atoms with Gasteiger partial charge in [0.1, 0.15) is 0 Å². The molecular weight excluding hydrogens is 266 g/mol. The summed E-state index contributed by atoms with van der Waals surface area (Å²) in [7, 11) is 0. The number of nitrogens with one attached hydrogen (secondary N) is 1. The topological polar surface area (TPSA) is 28.2 Å². The summed E-state index contributed by atoms with van der Waals surface area (Å²) < 4.78 is 0. The van der Waals surface area contributed by atoms with Gasteiger partial charge in [0.2, 0.25) is 0 Å². The molecule has 0 bridgehead atoms. The Morgan fingerprint density at radius 3 is 2.60 bits per heavy atom. The van der Waals surface area contributed by atoms with Gasteiger partial charge in [0.05, 0.1) is 5.69 Å². The van der Waals surface area contributed by atoms with Crippen molar-refractivity contribution in [1.82, 2.24) is 10.3 Å². The van der Waals surface area contributed by atoms with Crippen molar-refractivity contribution in [3.05, 3.63) is 10.6 Å². The Morgan fingerprint density at radius 1 is 1.30 bits per heavy atom. The van der Waals surface area contributed by atoms with E-state index in [1.165, 1.54) is 48.1 Å². The van der Waals surface area contributed by atoms with Crippen LogP contribution in [0.5, 0.6) is 0 Å². The maximum absolute atomic E-state index is 4.92. The lowest BCUT2D eigenvalue weighted by Crippen LogP contribution is -2.21. The predicted octanol–water partition coefficient (Wildman–Crippen LogP) is 3.44. The summed E-state index contributed by atoms with van der Waals surface area (Å²) in [5, 5.41) is 4.81. The zero-order valence-electron chi connectivity index (χ0n) is 13.0. The van der Waals surface area contributed by atoms with E-state index in [0.29, 0.717) is 6.04 Å². The van der Waals surface area contributed by atoms with Gasteiger partial charge in [-0.25, -0.2) is 4.98 Å². The average molecular weight is 293 g/mol. The summed E-state index contributed by atoms with van der Waals surface area (Å²) in [4.78, 5) is 8.91. The van der Waals surface area contributed by atoms with E-state index in [2.05, 4.69) is 31.0 Å². The van der Waals surface area contributed by atoms with Crippen LogP contribution in [0.1, 0.15) is 50.6 Å². The van der Waals surface area contributed by atoms with Crippen molar-refractivity contribution in [3.63, 3.8) is 0 Å². The second kappa shape index (κ2) is 6.02. The molecule has 0 aromatic carbocycles. The molecule has 2 heterocycles. The maximum Gasteiger partial charge on any atom is 0.185 e. The monoisotopic (exact) mass is 293 g/mol. The molecule has 2 aliphatic rings. The molecule has 112 valence electrons. The molecule has 1 N–H and O–H groups in total. The summed E-state index contributed by atoms with van der Waals surface area (Å²) >= 11 is 1.91. The maximum atomic E-state index is 4.92. The van der Waals surface area contributed by atoms with Crippen LogP contribution in [0.15, 0.2) is 0 Å². The van der Waals surface area contributed by atoms with Crippen LogP contribution in [0, 0.1) is 11.8 Å². The Hall–Kier alpha value is -0.610. The largest absolute Gasteiger partial charge is 0.348 e. The van der Waals surface area contributed by atoms with Crippen LogP contribution >= 0.6 is 11.3 Å². The van der Waals surface area contributed by atoms with Gasteiger partial charge in [0, 0.05) is 30.6 Å². The molecular formula is C16H27N3S. The van der Waals surface area contributed by atoms with Gasteiger partial charge in [-0.15, -0.1) is 11.3 Å². The first-order chi connectivity index (χ1) is 9.67. The molecule has 0 radical (unpaired) electrons. The van der Waals surface area contributed by atoms with Gasteiger partial charge >= 0.3 is 0 Å². The lowest BCUT2D eigenvalue weighted by atomic mass is 10.0. The summed E-state index contributed by atoms with van der Waals surface area (Å²) in [5.74, 6) is 1.89. The van der Waals surface area contributed by atoms with Gasteiger partial charge in [-0.1, -0.05) is 27.2 Å². The molecule has 1 saturated carbocycles. The van der Waals surface area contributed by atoms with E-state index in [0.717, 1.165) is 24.8 Å². The zero-order chi connectivity index (χ0) is 14.1. The SMILES string of the molecule is CCc1nc(N2CC3CCCC3C2)sc1CNC(C)C. The number of thiazole rings is 1. The number of nitrogens with zero attached hydrogens (tertiary/aromatic N) is 2. The molecule has 3 nitrogen and oxygen atoms in total. The Balaban J connectivity index is 1.70. The van der Waals surface area contributed by atoms with Crippen LogP contribution in [0.4, 0.5) is 5.13 Å². The van der Waals surface area contributed by atoms with E-state index in [1.54, 1.807) is 0 Å². The molecule has 20 heavy (non-hydrogen) atoms. The molecule has 2 atom stereocenters. The highest BCUT2D eigenvalue weighted by molar-refractivity contribution is 7.15. The number of aromatic nitrogens is 1. The quantitative estimate of drug-likeness (QED) is 0.901. The zero-order valence-corrected chi connectivity index (χ0v) is 13.8. The van der Waals surface area contributed by atoms with Crippen molar-refractivity contribution in [2.24, 2.45) is 11.8 Å². The van der Waals surface area contributed by atoms with Gasteiger partial charge in [-0.2, -0.15) is 0 Å². The average Bonchev–Trinajstić information content (AvgIpc) is 3.08. The van der Waals surface area contributed by atoms with Crippen molar-refractivity contribution < 1.29 is 0 Å². The Morgan fingerprint density at radius 2 is 2.00 bits per heavy atom. The highest BCUT2D eigenvalue weighted by atomic mass is 32.1. The van der Waals surface area contributed by atoms with Gasteiger partial charge in [0.15, 0.2) is 5.13 Å². The Labute approximate surface area is 126 Å². The van der Waals surface area contributed by atoms with E-state index in [1.807, 2.05) is 11.3 Å². The standard InChI is InChI=1S/C16H27N3S/c1-4-14-15(8-17-11(2)3)20-16(18-14)19-9-12-6-5-7-13(12)10-19/h11-13,17H,4-10H2,1-3H3. The minimum atomic E-state index is 0.538. The fourth-order valence-corrected chi connectivity index (χ4v) is 4.73. The first-order valence-corrected chi connectivity index (χ1v) is 8.96. The molecule has 1 aliphatic heterocycles. The fraction of sp³-hybridized carbons (Fsp3) is 0.812. The minimum Gasteiger partial charge on any atom is -0.348 e. The molecule has 1 aliphatic carbocycles. The number of anilines is 1. The van der Waals surface area contributed by atoms with Crippen molar-refractivity contribution >= 4 is 16.5 Å². The number of rotatable bonds is 5. The molecule has 2 unspecified atom stereocenters. The predicted molar refractivity (Wildman–Crippen MR) is 86.5 cm³/mol.